The molecule has 0 fully saturated rings. The summed E-state index contributed by atoms with van der Waals surface area (Å²) in [5, 5.41) is 3.01. The van der Waals surface area contributed by atoms with Crippen molar-refractivity contribution in [3.8, 4) is 0 Å². The van der Waals surface area contributed by atoms with Gasteiger partial charge in [-0.1, -0.05) is 265 Å². The number of unbranched alkanes of at least 4 members (excludes halogenated alkanes) is 28. The lowest BCUT2D eigenvalue weighted by Gasteiger charge is -2.30. The quantitative estimate of drug-likeness (QED) is 0.0212. The van der Waals surface area contributed by atoms with E-state index in [2.05, 4.69) is 123 Å². The molecule has 10 heteroatoms. The Hall–Kier alpha value is -3.33. The lowest BCUT2D eigenvalue weighted by atomic mass is 10.0. The first kappa shape index (κ1) is 78.7. The van der Waals surface area contributed by atoms with Gasteiger partial charge in [-0.25, -0.2) is 0 Å². The molecule has 1 amide bonds. The largest absolute Gasteiger partial charge is 0.756 e. The predicted octanol–water partition coefficient (Wildman–Crippen LogP) is 20.7. The van der Waals surface area contributed by atoms with Gasteiger partial charge in [0.2, 0.25) is 5.91 Å². The number of rotatable bonds is 60. The number of ether oxygens (including phenoxy) is 1. The van der Waals surface area contributed by atoms with E-state index in [4.69, 9.17) is 13.8 Å². The molecule has 0 aliphatic carbocycles. The van der Waals surface area contributed by atoms with Gasteiger partial charge in [-0.3, -0.25) is 14.2 Å². The number of amides is 1. The summed E-state index contributed by atoms with van der Waals surface area (Å²) >= 11 is 0. The van der Waals surface area contributed by atoms with E-state index in [1.165, 1.54) is 135 Å². The number of carbonyl (C=O) groups is 2. The third kappa shape index (κ3) is 61.2. The number of hydrogen-bond donors (Lipinski definition) is 1. The van der Waals surface area contributed by atoms with E-state index in [1.54, 1.807) is 0 Å². The van der Waals surface area contributed by atoms with E-state index in [1.807, 2.05) is 33.3 Å². The highest BCUT2D eigenvalue weighted by molar-refractivity contribution is 7.45. The molecular weight excluding hydrogens is 1040 g/mol. The van der Waals surface area contributed by atoms with Gasteiger partial charge in [0.25, 0.3) is 7.82 Å². The zero-order valence-electron chi connectivity index (χ0n) is 53.9. The molecule has 0 aliphatic rings. The summed E-state index contributed by atoms with van der Waals surface area (Å²) < 4.78 is 30.4. The normalized spacial score (nSPS) is 14.3. The molecule has 0 heterocycles. The van der Waals surface area contributed by atoms with Crippen LogP contribution in [0.2, 0.25) is 0 Å². The number of quaternary nitrogens is 1. The van der Waals surface area contributed by atoms with E-state index in [-0.39, 0.29) is 31.3 Å². The summed E-state index contributed by atoms with van der Waals surface area (Å²) in [7, 11) is 1.15. The molecule has 0 aromatic heterocycles. The fourth-order valence-corrected chi connectivity index (χ4v) is 9.98. The highest BCUT2D eigenvalue weighted by atomic mass is 31.2. The van der Waals surface area contributed by atoms with Crippen LogP contribution in [0.1, 0.15) is 284 Å². The van der Waals surface area contributed by atoms with Crippen LogP contribution in [0.3, 0.4) is 0 Å². The summed E-state index contributed by atoms with van der Waals surface area (Å²) in [4.78, 5) is 40.1. The first-order valence-electron chi connectivity index (χ1n) is 33.7. The summed E-state index contributed by atoms with van der Waals surface area (Å²) in [6.45, 7) is 6.68. The van der Waals surface area contributed by atoms with Crippen LogP contribution in [-0.4, -0.2) is 69.4 Å². The Morgan fingerprint density at radius 3 is 1.21 bits per heavy atom. The number of hydrogen-bond acceptors (Lipinski definition) is 7. The second kappa shape index (κ2) is 60.8. The maximum atomic E-state index is 13.5. The minimum Gasteiger partial charge on any atom is -0.756 e. The number of nitrogens with one attached hydrogen (secondary N) is 1. The van der Waals surface area contributed by atoms with Crippen LogP contribution >= 0.6 is 7.82 Å². The molecular formula is C72H127N2O7P. The number of esters is 1. The average molecular weight is 1160 g/mol. The fourth-order valence-electron chi connectivity index (χ4n) is 9.26. The van der Waals surface area contributed by atoms with Gasteiger partial charge >= 0.3 is 5.97 Å². The van der Waals surface area contributed by atoms with Gasteiger partial charge in [-0.05, 0) is 115 Å². The lowest BCUT2D eigenvalue weighted by molar-refractivity contribution is -0.870. The molecule has 0 radical (unpaired) electrons. The molecule has 0 aromatic rings. The second-order valence-corrected chi connectivity index (χ2v) is 25.0. The Bertz CT molecular complexity index is 1770. The molecule has 472 valence electrons. The molecule has 0 saturated carbocycles. The second-order valence-electron chi connectivity index (χ2n) is 23.6. The Labute approximate surface area is 506 Å². The molecule has 0 bridgehead atoms. The van der Waals surface area contributed by atoms with Gasteiger partial charge in [-0.15, -0.1) is 0 Å². The van der Waals surface area contributed by atoms with Crippen molar-refractivity contribution in [3.63, 3.8) is 0 Å². The number of likely N-dealkylation sites (N-methyl/N-ethyl adjacent to an activating group) is 1. The zero-order chi connectivity index (χ0) is 60.0. The number of carbonyl (C=O) groups excluding carboxylic acids is 2. The summed E-state index contributed by atoms with van der Waals surface area (Å²) in [5.74, 6) is -0.582. The first-order valence-corrected chi connectivity index (χ1v) is 35.2. The van der Waals surface area contributed by atoms with Crippen molar-refractivity contribution in [2.45, 2.75) is 296 Å². The molecule has 82 heavy (non-hydrogen) atoms. The highest BCUT2D eigenvalue weighted by Crippen LogP contribution is 2.38. The van der Waals surface area contributed by atoms with Gasteiger partial charge in [0.05, 0.1) is 33.8 Å². The zero-order valence-corrected chi connectivity index (χ0v) is 54.8. The maximum absolute atomic E-state index is 13.5. The third-order valence-corrected chi connectivity index (χ3v) is 15.4. The minimum atomic E-state index is -4.72. The van der Waals surface area contributed by atoms with Crippen molar-refractivity contribution in [3.05, 3.63) is 109 Å². The smallest absolute Gasteiger partial charge is 0.306 e. The van der Waals surface area contributed by atoms with Crippen LogP contribution in [0.5, 0.6) is 0 Å². The third-order valence-electron chi connectivity index (χ3n) is 14.4. The van der Waals surface area contributed by atoms with Crippen molar-refractivity contribution in [1.29, 1.82) is 0 Å². The highest BCUT2D eigenvalue weighted by Gasteiger charge is 2.27. The predicted molar refractivity (Wildman–Crippen MR) is 353 cm³/mol. The molecule has 0 saturated heterocycles. The van der Waals surface area contributed by atoms with Crippen molar-refractivity contribution in [1.82, 2.24) is 5.32 Å². The molecule has 3 atom stereocenters. The maximum Gasteiger partial charge on any atom is 0.306 e. The summed E-state index contributed by atoms with van der Waals surface area (Å²) in [6, 6.07) is -0.913. The summed E-state index contributed by atoms with van der Waals surface area (Å²) in [6.07, 6.45) is 83.5. The average Bonchev–Trinajstić information content (AvgIpc) is 3.45. The Balaban J connectivity index is 5.16. The molecule has 9 nitrogen and oxygen atoms in total. The minimum absolute atomic E-state index is 0.0340. The van der Waals surface area contributed by atoms with Gasteiger partial charge in [0, 0.05) is 12.8 Å². The Morgan fingerprint density at radius 1 is 0.439 bits per heavy atom. The summed E-state index contributed by atoms with van der Waals surface area (Å²) in [5.41, 5.74) is 0. The number of allylic oxidation sites excluding steroid dienone is 17. The molecule has 0 rings (SSSR count). The first-order chi connectivity index (χ1) is 39.9. The van der Waals surface area contributed by atoms with Crippen molar-refractivity contribution < 1.29 is 37.3 Å². The van der Waals surface area contributed by atoms with Crippen LogP contribution < -0.4 is 10.2 Å². The van der Waals surface area contributed by atoms with E-state index in [0.717, 1.165) is 109 Å². The lowest BCUT2D eigenvalue weighted by Crippen LogP contribution is -2.47. The topological polar surface area (TPSA) is 114 Å². The van der Waals surface area contributed by atoms with Gasteiger partial charge < -0.3 is 28.5 Å². The van der Waals surface area contributed by atoms with Crippen molar-refractivity contribution in [2.75, 3.05) is 40.9 Å². The van der Waals surface area contributed by atoms with Crippen LogP contribution in [-0.2, 0) is 27.9 Å². The van der Waals surface area contributed by atoms with Gasteiger partial charge in [0.1, 0.15) is 19.3 Å². The van der Waals surface area contributed by atoms with E-state index >= 15 is 0 Å². The van der Waals surface area contributed by atoms with E-state index < -0.39 is 26.6 Å². The van der Waals surface area contributed by atoms with E-state index in [9.17, 15) is 19.0 Å². The van der Waals surface area contributed by atoms with E-state index in [0.29, 0.717) is 17.4 Å². The number of nitrogens with zero attached hydrogens (tertiary/aromatic N) is 1. The molecule has 1 N–H and O–H groups in total. The number of phosphoric acid groups is 1. The molecule has 3 unspecified atom stereocenters. The van der Waals surface area contributed by atoms with Crippen LogP contribution in [0.15, 0.2) is 109 Å². The molecule has 0 spiro atoms. The standard InChI is InChI=1S/C72H127N2O7P/c1-7-10-13-16-19-22-25-28-30-32-33-34-35-36-37-38-39-40-41-42-44-47-50-53-56-59-62-65-72(76)81-70(63-60-57-54-51-48-45-27-24-21-18-15-12-9-3)69(68-80-82(77,78)79-67-66-74(4,5)6)73-71(75)64-61-58-55-52-49-46-43-31-29-26-23-20-17-14-11-8-2/h11,14,19-20,22-23,28-31,33-34,36-37,46,49,60,63,69-70H,7-10,12-13,15-18,21,24-27,32,35,38-45,47-48,50-59,61-62,64-68H2,1-6H3,(H-,73,75,77,78)/b14-11+,22-19-,23-20+,30-28-,31-29+,34-33-,37-36-,49-46+,63-60-. The van der Waals surface area contributed by atoms with Crippen molar-refractivity contribution >= 4 is 19.7 Å². The van der Waals surface area contributed by atoms with Gasteiger partial charge in [-0.2, -0.15) is 0 Å². The van der Waals surface area contributed by atoms with Crippen LogP contribution in [0.4, 0.5) is 0 Å². The van der Waals surface area contributed by atoms with Crippen LogP contribution in [0, 0.1) is 0 Å². The van der Waals surface area contributed by atoms with Crippen molar-refractivity contribution in [2.24, 2.45) is 0 Å². The number of phosphoric ester groups is 1. The molecule has 0 aliphatic heterocycles. The van der Waals surface area contributed by atoms with Crippen LogP contribution in [0.25, 0.3) is 0 Å². The van der Waals surface area contributed by atoms with Gasteiger partial charge in [0.15, 0.2) is 0 Å². The Morgan fingerprint density at radius 2 is 0.780 bits per heavy atom. The fraction of sp³-hybridized carbons (Fsp3) is 0.722. The molecule has 0 aromatic carbocycles. The monoisotopic (exact) mass is 1160 g/mol. The SMILES string of the molecule is CC/C=C/C/C=C/C/C=C/C/C=C/CCCCCC(=O)NC(COP(=O)([O-])OCC[N+](C)(C)C)C(/C=C\CCCCCCCCCCCCC)OC(=O)CCCCCCCCCCCCC/C=C\C/C=C\C/C=C\C/C=C\CCCCC. The Kier molecular flexibility index (Phi) is 58.3.